The number of hydrogen-bond donors (Lipinski definition) is 2. The highest BCUT2D eigenvalue weighted by Crippen LogP contribution is 2.37. The highest BCUT2D eigenvalue weighted by Gasteiger charge is 2.25. The number of methoxy groups -OCH3 is 1. The van der Waals surface area contributed by atoms with Gasteiger partial charge in [0.05, 0.1) is 17.8 Å². The van der Waals surface area contributed by atoms with Crippen LogP contribution in [0.4, 0.5) is 0 Å². The Bertz CT molecular complexity index is 1380. The number of halogens is 2. The molecule has 0 saturated heterocycles. The van der Waals surface area contributed by atoms with E-state index in [0.717, 1.165) is 5.56 Å². The largest absolute Gasteiger partial charge is 0.493 e. The van der Waals surface area contributed by atoms with Crippen LogP contribution >= 0.6 is 27.5 Å². The van der Waals surface area contributed by atoms with E-state index in [4.69, 9.17) is 30.5 Å². The second kappa shape index (κ2) is 12.9. The zero-order chi connectivity index (χ0) is 27.9. The molecule has 0 spiro atoms. The molecule has 204 valence electrons. The van der Waals surface area contributed by atoms with Crippen LogP contribution in [0.25, 0.3) is 0 Å². The first-order valence-electron chi connectivity index (χ1n) is 12.0. The number of carbonyl (C=O) groups excluding carboxylic acids is 2. The molecular weight excluding hydrogens is 590 g/mol. The zero-order valence-corrected chi connectivity index (χ0v) is 23.8. The summed E-state index contributed by atoms with van der Waals surface area (Å²) in [4.78, 5) is 25.7. The summed E-state index contributed by atoms with van der Waals surface area (Å²) >= 11 is 9.46. The topological polar surface area (TPSA) is 107 Å². The lowest BCUT2D eigenvalue weighted by Crippen LogP contribution is -2.48. The average molecular weight is 617 g/mol. The zero-order valence-electron chi connectivity index (χ0n) is 21.5. The van der Waals surface area contributed by atoms with Crippen LogP contribution in [-0.4, -0.2) is 38.0 Å². The van der Waals surface area contributed by atoms with Gasteiger partial charge in [0.2, 0.25) is 6.79 Å². The van der Waals surface area contributed by atoms with Gasteiger partial charge in [0, 0.05) is 10.6 Å². The average Bonchev–Trinajstić information content (AvgIpc) is 3.39. The second-order valence-electron chi connectivity index (χ2n) is 8.95. The molecule has 0 fully saturated rings. The molecule has 1 aliphatic heterocycles. The van der Waals surface area contributed by atoms with Gasteiger partial charge in [-0.25, -0.2) is 5.43 Å². The number of amides is 2. The fourth-order valence-electron chi connectivity index (χ4n) is 3.73. The lowest BCUT2D eigenvalue weighted by Gasteiger charge is -2.20. The molecule has 0 aliphatic carbocycles. The third-order valence-electron chi connectivity index (χ3n) is 5.81. The van der Waals surface area contributed by atoms with E-state index in [-0.39, 0.29) is 12.7 Å². The minimum Gasteiger partial charge on any atom is -0.493 e. The van der Waals surface area contributed by atoms with E-state index in [0.29, 0.717) is 50.2 Å². The monoisotopic (exact) mass is 615 g/mol. The van der Waals surface area contributed by atoms with Crippen molar-refractivity contribution in [2.24, 2.45) is 11.0 Å². The van der Waals surface area contributed by atoms with Crippen LogP contribution in [-0.2, 0) is 11.4 Å². The number of fused-ring (bicyclic) bond motifs is 1. The van der Waals surface area contributed by atoms with Gasteiger partial charge in [-0.15, -0.1) is 0 Å². The predicted octanol–water partition coefficient (Wildman–Crippen LogP) is 5.32. The molecule has 2 N–H and O–H groups in total. The number of rotatable bonds is 10. The molecular formula is C28H27BrClN3O6. The Morgan fingerprint density at radius 1 is 1.10 bits per heavy atom. The summed E-state index contributed by atoms with van der Waals surface area (Å²) in [5.41, 5.74) is 4.47. The lowest BCUT2D eigenvalue weighted by molar-refractivity contribution is -0.123. The Balaban J connectivity index is 1.38. The van der Waals surface area contributed by atoms with Gasteiger partial charge in [-0.1, -0.05) is 37.6 Å². The van der Waals surface area contributed by atoms with E-state index in [1.807, 2.05) is 26.0 Å². The molecule has 39 heavy (non-hydrogen) atoms. The van der Waals surface area contributed by atoms with Crippen molar-refractivity contribution in [3.63, 3.8) is 0 Å². The van der Waals surface area contributed by atoms with Crippen molar-refractivity contribution < 1.29 is 28.5 Å². The van der Waals surface area contributed by atoms with E-state index in [2.05, 4.69) is 31.8 Å². The molecule has 4 rings (SSSR count). The fourth-order valence-corrected chi connectivity index (χ4v) is 4.43. The Hall–Kier alpha value is -3.76. The van der Waals surface area contributed by atoms with Gasteiger partial charge in [-0.05, 0) is 75.4 Å². The van der Waals surface area contributed by atoms with Crippen molar-refractivity contribution in [2.45, 2.75) is 26.5 Å². The Labute approximate surface area is 239 Å². The van der Waals surface area contributed by atoms with E-state index >= 15 is 0 Å². The van der Waals surface area contributed by atoms with Gasteiger partial charge in [-0.3, -0.25) is 9.59 Å². The van der Waals surface area contributed by atoms with E-state index in [1.165, 1.54) is 13.3 Å². The maximum Gasteiger partial charge on any atom is 0.262 e. The lowest BCUT2D eigenvalue weighted by atomic mass is 10.0. The van der Waals surface area contributed by atoms with Gasteiger partial charge in [0.1, 0.15) is 12.6 Å². The summed E-state index contributed by atoms with van der Waals surface area (Å²) < 4.78 is 22.7. The van der Waals surface area contributed by atoms with Crippen molar-refractivity contribution in [2.75, 3.05) is 13.9 Å². The Morgan fingerprint density at radius 2 is 1.85 bits per heavy atom. The van der Waals surface area contributed by atoms with Gasteiger partial charge >= 0.3 is 0 Å². The van der Waals surface area contributed by atoms with Gasteiger partial charge < -0.3 is 24.3 Å². The number of nitrogens with one attached hydrogen (secondary N) is 2. The second-order valence-corrected chi connectivity index (χ2v) is 10.2. The minimum absolute atomic E-state index is 0.108. The number of hydrazone groups is 1. The smallest absolute Gasteiger partial charge is 0.262 e. The van der Waals surface area contributed by atoms with Gasteiger partial charge in [-0.2, -0.15) is 5.10 Å². The Kier molecular flexibility index (Phi) is 9.32. The van der Waals surface area contributed by atoms with Crippen molar-refractivity contribution in [1.29, 1.82) is 0 Å². The number of carbonyl (C=O) groups is 2. The summed E-state index contributed by atoms with van der Waals surface area (Å²) in [6.45, 7) is 4.10. The molecule has 3 aromatic rings. The Morgan fingerprint density at radius 3 is 2.56 bits per heavy atom. The molecule has 0 saturated carbocycles. The van der Waals surface area contributed by atoms with Gasteiger partial charge in [0.15, 0.2) is 23.0 Å². The SMILES string of the molecule is COc1cc(C=NNC(=O)C(NC(=O)c2ccc3c(c2)OCO3)C(C)C)cc(Br)c1OCc1ccc(Cl)cc1. The number of hydrogen-bond acceptors (Lipinski definition) is 7. The van der Waals surface area contributed by atoms with E-state index in [9.17, 15) is 9.59 Å². The van der Waals surface area contributed by atoms with Crippen molar-refractivity contribution >= 4 is 45.6 Å². The molecule has 1 atom stereocenters. The number of benzene rings is 3. The van der Waals surface area contributed by atoms with Crippen LogP contribution in [0.1, 0.15) is 35.3 Å². The van der Waals surface area contributed by atoms with E-state index < -0.39 is 17.9 Å². The van der Waals surface area contributed by atoms with Crippen LogP contribution in [0, 0.1) is 5.92 Å². The maximum atomic E-state index is 12.9. The summed E-state index contributed by atoms with van der Waals surface area (Å²) in [5.74, 6) is 1.02. The molecule has 3 aromatic carbocycles. The number of ether oxygens (including phenoxy) is 4. The third-order valence-corrected chi connectivity index (χ3v) is 6.65. The van der Waals surface area contributed by atoms with Crippen LogP contribution in [0.3, 0.4) is 0 Å². The standard InChI is InChI=1S/C28H27BrClN3O6/c1-16(2)25(32-27(34)19-6-9-22-23(12-19)39-15-38-22)28(35)33-31-13-18-10-21(29)26(24(11-18)36-3)37-14-17-4-7-20(30)8-5-17/h4-13,16,25H,14-15H2,1-3H3,(H,32,34)(H,33,35). The molecule has 1 heterocycles. The van der Waals surface area contributed by atoms with Crippen molar-refractivity contribution in [1.82, 2.24) is 10.7 Å². The predicted molar refractivity (Wildman–Crippen MR) is 151 cm³/mol. The molecule has 0 aromatic heterocycles. The molecule has 0 radical (unpaired) electrons. The molecule has 11 heteroatoms. The van der Waals surface area contributed by atoms with Crippen molar-refractivity contribution in [3.05, 3.63) is 80.8 Å². The minimum atomic E-state index is -0.815. The highest BCUT2D eigenvalue weighted by atomic mass is 79.9. The molecule has 1 unspecified atom stereocenters. The first-order valence-corrected chi connectivity index (χ1v) is 13.2. The first kappa shape index (κ1) is 28.3. The number of nitrogens with zero attached hydrogens (tertiary/aromatic N) is 1. The van der Waals surface area contributed by atoms with E-state index in [1.54, 1.807) is 42.5 Å². The normalized spacial score (nSPS) is 12.9. The highest BCUT2D eigenvalue weighted by molar-refractivity contribution is 9.10. The molecule has 9 nitrogen and oxygen atoms in total. The van der Waals surface area contributed by atoms with Crippen molar-refractivity contribution in [3.8, 4) is 23.0 Å². The molecule has 0 bridgehead atoms. The van der Waals surface area contributed by atoms with Gasteiger partial charge in [0.25, 0.3) is 11.8 Å². The fraction of sp³-hybridized carbons (Fsp3) is 0.250. The van der Waals surface area contributed by atoms with Crippen LogP contribution in [0.5, 0.6) is 23.0 Å². The summed E-state index contributed by atoms with van der Waals surface area (Å²) in [6.07, 6.45) is 1.48. The van der Waals surface area contributed by atoms with Crippen LogP contribution < -0.4 is 29.7 Å². The summed E-state index contributed by atoms with van der Waals surface area (Å²) in [5, 5.41) is 7.50. The first-order chi connectivity index (χ1) is 18.7. The summed E-state index contributed by atoms with van der Waals surface area (Å²) in [7, 11) is 1.54. The molecule has 2 amide bonds. The maximum absolute atomic E-state index is 12.9. The third kappa shape index (κ3) is 7.21. The quantitative estimate of drug-likeness (QED) is 0.236. The van der Waals surface area contributed by atoms with Crippen LogP contribution in [0.2, 0.25) is 5.02 Å². The molecule has 1 aliphatic rings. The van der Waals surface area contributed by atoms with Crippen LogP contribution in [0.15, 0.2) is 64.2 Å². The summed E-state index contributed by atoms with van der Waals surface area (Å²) in [6, 6.07) is 14.9.